The Morgan fingerprint density at radius 1 is 1.21 bits per heavy atom. The fourth-order valence-corrected chi connectivity index (χ4v) is 3.85. The van der Waals surface area contributed by atoms with Gasteiger partial charge in [0.05, 0.1) is 23.3 Å². The van der Waals surface area contributed by atoms with Gasteiger partial charge < -0.3 is 15.2 Å². The zero-order chi connectivity index (χ0) is 21.0. The average molecular weight is 428 g/mol. The van der Waals surface area contributed by atoms with Crippen molar-refractivity contribution in [3.63, 3.8) is 0 Å². The molecular weight excluding hydrogens is 412 g/mol. The highest BCUT2D eigenvalue weighted by atomic mass is 32.2. The monoisotopic (exact) mass is 428 g/mol. The Morgan fingerprint density at radius 2 is 1.90 bits per heavy atom. The molecule has 0 aromatic heterocycles. The van der Waals surface area contributed by atoms with Gasteiger partial charge in [-0.05, 0) is 35.9 Å². The number of carbonyl (C=O) groups excluding carboxylic acids is 2. The van der Waals surface area contributed by atoms with Crippen molar-refractivity contribution in [2.45, 2.75) is 0 Å². The molecule has 1 fully saturated rings. The van der Waals surface area contributed by atoms with Gasteiger partial charge in [0.1, 0.15) is 16.6 Å². The summed E-state index contributed by atoms with van der Waals surface area (Å²) in [5, 5.41) is 11.7. The number of anilines is 1. The summed E-state index contributed by atoms with van der Waals surface area (Å²) in [5.74, 6) is -1.37. The molecule has 1 heterocycles. The van der Waals surface area contributed by atoms with E-state index in [0.29, 0.717) is 10.7 Å². The number of hydrogen-bond acceptors (Lipinski definition) is 6. The fourth-order valence-electron chi connectivity index (χ4n) is 2.60. The molecule has 29 heavy (non-hydrogen) atoms. The van der Waals surface area contributed by atoms with Crippen molar-refractivity contribution in [3.05, 3.63) is 64.6 Å². The molecular formula is C20H16N2O5S2. The first-order chi connectivity index (χ1) is 13.9. The number of carboxylic acid groups (broad SMARTS) is 1. The molecule has 0 atom stereocenters. The summed E-state index contributed by atoms with van der Waals surface area (Å²) in [6, 6.07) is 13.2. The largest absolute Gasteiger partial charge is 0.497 e. The average Bonchev–Trinajstić information content (AvgIpc) is 2.96. The highest BCUT2D eigenvalue weighted by Gasteiger charge is 2.33. The molecule has 1 saturated heterocycles. The van der Waals surface area contributed by atoms with E-state index < -0.39 is 11.9 Å². The molecule has 2 N–H and O–H groups in total. The Morgan fingerprint density at radius 3 is 2.55 bits per heavy atom. The van der Waals surface area contributed by atoms with Crippen LogP contribution in [-0.4, -0.2) is 45.8 Å². The summed E-state index contributed by atoms with van der Waals surface area (Å²) in [6.45, 7) is -0.307. The van der Waals surface area contributed by atoms with Gasteiger partial charge in [0.2, 0.25) is 5.91 Å². The quantitative estimate of drug-likeness (QED) is 0.539. The van der Waals surface area contributed by atoms with E-state index in [0.717, 1.165) is 17.3 Å². The molecule has 0 radical (unpaired) electrons. The lowest BCUT2D eigenvalue weighted by atomic mass is 10.2. The van der Waals surface area contributed by atoms with Crippen molar-refractivity contribution in [3.8, 4) is 5.75 Å². The lowest BCUT2D eigenvalue weighted by molar-refractivity contribution is -0.126. The smallest absolute Gasteiger partial charge is 0.337 e. The van der Waals surface area contributed by atoms with E-state index in [1.807, 2.05) is 0 Å². The van der Waals surface area contributed by atoms with E-state index in [9.17, 15) is 19.5 Å². The highest BCUT2D eigenvalue weighted by Crippen LogP contribution is 2.32. The van der Waals surface area contributed by atoms with Crippen LogP contribution in [0.4, 0.5) is 5.69 Å². The lowest BCUT2D eigenvalue weighted by Gasteiger charge is -2.15. The maximum atomic E-state index is 12.7. The molecule has 2 amide bonds. The minimum Gasteiger partial charge on any atom is -0.497 e. The van der Waals surface area contributed by atoms with Gasteiger partial charge in [-0.2, -0.15) is 0 Å². The summed E-state index contributed by atoms with van der Waals surface area (Å²) in [6.07, 6.45) is 1.69. The molecule has 7 nitrogen and oxygen atoms in total. The second kappa shape index (κ2) is 8.89. The maximum Gasteiger partial charge on any atom is 0.337 e. The van der Waals surface area contributed by atoms with E-state index >= 15 is 0 Å². The molecule has 2 aromatic rings. The molecule has 2 aromatic carbocycles. The van der Waals surface area contributed by atoms with Crippen molar-refractivity contribution >= 4 is 57.8 Å². The third kappa shape index (κ3) is 4.82. The number of nitrogens with zero attached hydrogens (tertiary/aromatic N) is 1. The summed E-state index contributed by atoms with van der Waals surface area (Å²) >= 11 is 6.34. The Bertz CT molecular complexity index is 1020. The number of thiocarbonyl (C=S) groups is 1. The molecule has 1 aliphatic rings. The Hall–Kier alpha value is -3.17. The van der Waals surface area contributed by atoms with Crippen LogP contribution in [0.15, 0.2) is 53.4 Å². The van der Waals surface area contributed by atoms with E-state index in [1.165, 1.54) is 17.0 Å². The molecule has 3 rings (SSSR count). The van der Waals surface area contributed by atoms with Crippen LogP contribution in [0.3, 0.4) is 0 Å². The number of ether oxygens (including phenoxy) is 1. The second-order valence-electron chi connectivity index (χ2n) is 5.94. The van der Waals surface area contributed by atoms with Crippen LogP contribution >= 0.6 is 24.0 Å². The van der Waals surface area contributed by atoms with Crippen LogP contribution in [0.25, 0.3) is 6.08 Å². The van der Waals surface area contributed by atoms with Gasteiger partial charge in [0, 0.05) is 0 Å². The van der Waals surface area contributed by atoms with Gasteiger partial charge >= 0.3 is 5.97 Å². The van der Waals surface area contributed by atoms with Gasteiger partial charge in [-0.15, -0.1) is 0 Å². The number of thioether (sulfide) groups is 1. The second-order valence-corrected chi connectivity index (χ2v) is 7.62. The Labute approximate surface area is 176 Å². The van der Waals surface area contributed by atoms with Gasteiger partial charge in [-0.1, -0.05) is 48.2 Å². The first kappa shape index (κ1) is 20.6. The lowest BCUT2D eigenvalue weighted by Crippen LogP contribution is -2.36. The van der Waals surface area contributed by atoms with Crippen LogP contribution in [0.2, 0.25) is 0 Å². The molecule has 9 heteroatoms. The number of carboxylic acids is 1. The predicted octanol–water partition coefficient (Wildman–Crippen LogP) is 3.23. The zero-order valence-corrected chi connectivity index (χ0v) is 16.9. The zero-order valence-electron chi connectivity index (χ0n) is 15.2. The number of rotatable bonds is 6. The van der Waals surface area contributed by atoms with Crippen molar-refractivity contribution in [2.24, 2.45) is 0 Å². The van der Waals surface area contributed by atoms with Crippen LogP contribution in [-0.2, 0) is 9.59 Å². The number of para-hydroxylation sites is 1. The fraction of sp³-hybridized carbons (Fsp3) is 0.100. The third-order valence-electron chi connectivity index (χ3n) is 4.02. The van der Waals surface area contributed by atoms with Crippen LogP contribution in [0.1, 0.15) is 15.9 Å². The number of benzene rings is 2. The topological polar surface area (TPSA) is 95.9 Å². The van der Waals surface area contributed by atoms with E-state index in [1.54, 1.807) is 49.6 Å². The molecule has 0 aliphatic carbocycles. The minimum atomic E-state index is -1.16. The molecule has 0 saturated carbocycles. The Kier molecular flexibility index (Phi) is 6.30. The minimum absolute atomic E-state index is 0.0364. The number of carbonyl (C=O) groups is 3. The van der Waals surface area contributed by atoms with Crippen molar-refractivity contribution in [1.82, 2.24) is 4.90 Å². The number of methoxy groups -OCH3 is 1. The van der Waals surface area contributed by atoms with E-state index in [4.69, 9.17) is 17.0 Å². The number of nitrogens with one attached hydrogen (secondary N) is 1. The molecule has 1 aliphatic heterocycles. The standard InChI is InChI=1S/C20H16N2O5S2/c1-27-13-8-6-12(7-9-13)10-16-18(24)22(20(28)29-16)11-17(23)21-15-5-3-2-4-14(15)19(25)26/h2-10H,11H2,1H3,(H,21,23)(H,25,26)/b16-10+. The molecule has 0 bridgehead atoms. The van der Waals surface area contributed by atoms with Crippen molar-refractivity contribution in [2.75, 3.05) is 19.0 Å². The third-order valence-corrected chi connectivity index (χ3v) is 5.40. The molecule has 148 valence electrons. The van der Waals surface area contributed by atoms with Crippen molar-refractivity contribution < 1.29 is 24.2 Å². The maximum absolute atomic E-state index is 12.7. The van der Waals surface area contributed by atoms with Gasteiger partial charge in [-0.25, -0.2) is 4.79 Å². The van der Waals surface area contributed by atoms with Crippen LogP contribution in [0.5, 0.6) is 5.75 Å². The molecule has 0 unspecified atom stereocenters. The van der Waals surface area contributed by atoms with Gasteiger partial charge in [-0.3, -0.25) is 14.5 Å². The SMILES string of the molecule is COc1ccc(/C=C2/SC(=S)N(CC(=O)Nc3ccccc3C(=O)O)C2=O)cc1. The van der Waals surface area contributed by atoms with Crippen molar-refractivity contribution in [1.29, 1.82) is 0 Å². The summed E-state index contributed by atoms with van der Waals surface area (Å²) in [7, 11) is 1.57. The van der Waals surface area contributed by atoms with Crippen LogP contribution < -0.4 is 10.1 Å². The van der Waals surface area contributed by atoms with Gasteiger partial charge in [0.15, 0.2) is 0 Å². The summed E-state index contributed by atoms with van der Waals surface area (Å²) in [4.78, 5) is 37.9. The highest BCUT2D eigenvalue weighted by molar-refractivity contribution is 8.26. The Balaban J connectivity index is 1.70. The number of amides is 2. The van der Waals surface area contributed by atoms with E-state index in [2.05, 4.69) is 5.32 Å². The van der Waals surface area contributed by atoms with Crippen LogP contribution in [0, 0.1) is 0 Å². The first-order valence-electron chi connectivity index (χ1n) is 8.40. The number of hydrogen-bond donors (Lipinski definition) is 2. The molecule has 0 spiro atoms. The first-order valence-corrected chi connectivity index (χ1v) is 9.63. The van der Waals surface area contributed by atoms with Gasteiger partial charge in [0.25, 0.3) is 5.91 Å². The summed E-state index contributed by atoms with van der Waals surface area (Å²) < 4.78 is 5.37. The normalized spacial score (nSPS) is 14.9. The van der Waals surface area contributed by atoms with E-state index in [-0.39, 0.29) is 28.0 Å². The summed E-state index contributed by atoms with van der Waals surface area (Å²) in [5.41, 5.74) is 0.918. The predicted molar refractivity (Wildman–Crippen MR) is 115 cm³/mol. The number of aromatic carboxylic acids is 1.